The number of nitrogen functional groups attached to an aromatic ring is 1. The molecule has 1 heterocycles. The van der Waals surface area contributed by atoms with Gasteiger partial charge in [0, 0.05) is 27.9 Å². The molecule has 0 aliphatic rings. The van der Waals surface area contributed by atoms with Crippen LogP contribution in [0.25, 0.3) is 16.9 Å². The highest BCUT2D eigenvalue weighted by molar-refractivity contribution is 6.30. The molecule has 1 aromatic heterocycles. The third-order valence-corrected chi connectivity index (χ3v) is 5.56. The second kappa shape index (κ2) is 9.75. The molecular formula is C28H21ClN4O2. The number of para-hydroxylation sites is 1. The van der Waals surface area contributed by atoms with Crippen LogP contribution in [0.4, 0.5) is 11.5 Å². The minimum absolute atomic E-state index is 0.221. The van der Waals surface area contributed by atoms with Gasteiger partial charge in [0.25, 0.3) is 5.91 Å². The summed E-state index contributed by atoms with van der Waals surface area (Å²) in [6.07, 6.45) is 0. The van der Waals surface area contributed by atoms with Crippen molar-refractivity contribution in [3.8, 4) is 28.4 Å². The number of rotatable bonds is 6. The first-order valence-corrected chi connectivity index (χ1v) is 11.3. The Morgan fingerprint density at radius 1 is 0.829 bits per heavy atom. The Morgan fingerprint density at radius 3 is 2.26 bits per heavy atom. The zero-order chi connectivity index (χ0) is 24.2. The first kappa shape index (κ1) is 22.3. The van der Waals surface area contributed by atoms with E-state index in [0.29, 0.717) is 33.5 Å². The van der Waals surface area contributed by atoms with Crippen molar-refractivity contribution in [1.82, 2.24) is 9.78 Å². The zero-order valence-corrected chi connectivity index (χ0v) is 19.3. The van der Waals surface area contributed by atoms with Gasteiger partial charge in [-0.2, -0.15) is 5.10 Å². The van der Waals surface area contributed by atoms with E-state index in [1.165, 1.54) is 0 Å². The van der Waals surface area contributed by atoms with Gasteiger partial charge in [0.2, 0.25) is 0 Å². The molecule has 0 radical (unpaired) electrons. The Bertz CT molecular complexity index is 1460. The molecular weight excluding hydrogens is 460 g/mol. The van der Waals surface area contributed by atoms with Crippen LogP contribution in [-0.4, -0.2) is 15.7 Å². The van der Waals surface area contributed by atoms with E-state index in [9.17, 15) is 4.79 Å². The summed E-state index contributed by atoms with van der Waals surface area (Å²) in [7, 11) is 0. The number of hydrogen-bond donors (Lipinski definition) is 2. The molecule has 0 saturated heterocycles. The lowest BCUT2D eigenvalue weighted by Crippen LogP contribution is -2.12. The summed E-state index contributed by atoms with van der Waals surface area (Å²) in [5.74, 6) is 1.70. The van der Waals surface area contributed by atoms with Crippen molar-refractivity contribution >= 4 is 29.0 Å². The van der Waals surface area contributed by atoms with E-state index >= 15 is 0 Å². The van der Waals surface area contributed by atoms with Crippen molar-refractivity contribution in [1.29, 1.82) is 0 Å². The average molecular weight is 481 g/mol. The van der Waals surface area contributed by atoms with E-state index in [4.69, 9.17) is 22.1 Å². The first-order chi connectivity index (χ1) is 17.0. The number of nitrogens with zero attached hydrogens (tertiary/aromatic N) is 2. The smallest absolute Gasteiger partial charge is 0.255 e. The minimum atomic E-state index is -0.221. The molecule has 5 aromatic rings. The maximum atomic E-state index is 12.7. The molecule has 0 aliphatic heterocycles. The summed E-state index contributed by atoms with van der Waals surface area (Å²) in [6.45, 7) is 0. The van der Waals surface area contributed by atoms with E-state index in [-0.39, 0.29) is 5.91 Å². The summed E-state index contributed by atoms with van der Waals surface area (Å²) in [5.41, 5.74) is 9.70. The highest BCUT2D eigenvalue weighted by atomic mass is 35.5. The number of carbonyl (C=O) groups excluding carboxylic acids is 1. The predicted octanol–water partition coefficient (Wildman–Crippen LogP) is 6.82. The van der Waals surface area contributed by atoms with Crippen LogP contribution >= 0.6 is 11.6 Å². The molecule has 4 aromatic carbocycles. The van der Waals surface area contributed by atoms with Crippen LogP contribution in [0.3, 0.4) is 0 Å². The van der Waals surface area contributed by atoms with Gasteiger partial charge < -0.3 is 15.8 Å². The quantitative estimate of drug-likeness (QED) is 0.279. The maximum Gasteiger partial charge on any atom is 0.255 e. The zero-order valence-electron chi connectivity index (χ0n) is 18.6. The number of ether oxygens (including phenoxy) is 1. The normalized spacial score (nSPS) is 10.7. The second-order valence-electron chi connectivity index (χ2n) is 7.82. The van der Waals surface area contributed by atoms with Gasteiger partial charge in [-0.05, 0) is 72.8 Å². The molecule has 0 aliphatic carbocycles. The lowest BCUT2D eigenvalue weighted by Gasteiger charge is -2.09. The van der Waals surface area contributed by atoms with E-state index in [2.05, 4.69) is 10.4 Å². The number of nitrogens with one attached hydrogen (secondary N) is 1. The predicted molar refractivity (Wildman–Crippen MR) is 139 cm³/mol. The molecule has 172 valence electrons. The number of benzene rings is 4. The van der Waals surface area contributed by atoms with E-state index in [0.717, 1.165) is 17.0 Å². The summed E-state index contributed by atoms with van der Waals surface area (Å²) in [5, 5.41) is 8.12. The number of halogens is 1. The van der Waals surface area contributed by atoms with Gasteiger partial charge in [0.1, 0.15) is 17.3 Å². The third kappa shape index (κ3) is 5.18. The fourth-order valence-electron chi connectivity index (χ4n) is 3.58. The average Bonchev–Trinajstić information content (AvgIpc) is 3.27. The standard InChI is InChI=1S/C28H21ClN4O2/c29-21-6-4-5-20(17-21)26-18-27(30)33(32-26)23-13-9-19(10-14-23)28(34)31-22-11-15-25(16-12-22)35-24-7-2-1-3-8-24/h1-18H,30H2,(H,31,34). The number of amides is 1. The number of aromatic nitrogens is 2. The van der Waals surface area contributed by atoms with Crippen LogP contribution < -0.4 is 15.8 Å². The summed E-state index contributed by atoms with van der Waals surface area (Å²) >= 11 is 6.09. The van der Waals surface area contributed by atoms with Crippen molar-refractivity contribution in [3.05, 3.63) is 120 Å². The molecule has 3 N–H and O–H groups in total. The molecule has 6 nitrogen and oxygen atoms in total. The van der Waals surface area contributed by atoms with Crippen molar-refractivity contribution in [2.45, 2.75) is 0 Å². The Balaban J connectivity index is 1.26. The van der Waals surface area contributed by atoms with Crippen LogP contribution in [0.5, 0.6) is 11.5 Å². The molecule has 0 saturated carbocycles. The van der Waals surface area contributed by atoms with E-state index < -0.39 is 0 Å². The van der Waals surface area contributed by atoms with Crippen molar-refractivity contribution in [3.63, 3.8) is 0 Å². The number of hydrogen-bond acceptors (Lipinski definition) is 4. The molecule has 0 bridgehead atoms. The topological polar surface area (TPSA) is 82.2 Å². The van der Waals surface area contributed by atoms with Crippen LogP contribution in [0.2, 0.25) is 5.02 Å². The number of nitrogens with two attached hydrogens (primary N) is 1. The van der Waals surface area contributed by atoms with Crippen molar-refractivity contribution in [2.75, 3.05) is 11.1 Å². The fourth-order valence-corrected chi connectivity index (χ4v) is 3.77. The largest absolute Gasteiger partial charge is 0.457 e. The Hall–Kier alpha value is -4.55. The lowest BCUT2D eigenvalue weighted by molar-refractivity contribution is 0.102. The molecule has 0 spiro atoms. The van der Waals surface area contributed by atoms with Crippen molar-refractivity contribution in [2.24, 2.45) is 0 Å². The molecule has 5 rings (SSSR count). The highest BCUT2D eigenvalue weighted by Crippen LogP contribution is 2.26. The molecule has 0 fully saturated rings. The van der Waals surface area contributed by atoms with Gasteiger partial charge in [0.05, 0.1) is 11.4 Å². The Kier molecular flexibility index (Phi) is 6.20. The monoisotopic (exact) mass is 480 g/mol. The van der Waals surface area contributed by atoms with Crippen LogP contribution in [0.1, 0.15) is 10.4 Å². The van der Waals surface area contributed by atoms with E-state index in [1.54, 1.807) is 47.1 Å². The van der Waals surface area contributed by atoms with Gasteiger partial charge >= 0.3 is 0 Å². The molecule has 0 atom stereocenters. The molecule has 7 heteroatoms. The number of anilines is 2. The minimum Gasteiger partial charge on any atom is -0.457 e. The van der Waals surface area contributed by atoms with Gasteiger partial charge in [0.15, 0.2) is 0 Å². The Morgan fingerprint density at radius 2 is 1.54 bits per heavy atom. The third-order valence-electron chi connectivity index (χ3n) is 5.32. The fraction of sp³-hybridized carbons (Fsp3) is 0. The lowest BCUT2D eigenvalue weighted by atomic mass is 10.1. The van der Waals surface area contributed by atoms with Crippen molar-refractivity contribution < 1.29 is 9.53 Å². The van der Waals surface area contributed by atoms with E-state index in [1.807, 2.05) is 66.7 Å². The van der Waals surface area contributed by atoms with Gasteiger partial charge in [-0.1, -0.05) is 41.9 Å². The van der Waals surface area contributed by atoms with Gasteiger partial charge in [-0.3, -0.25) is 4.79 Å². The SMILES string of the molecule is Nc1cc(-c2cccc(Cl)c2)nn1-c1ccc(C(=O)Nc2ccc(Oc3ccccc3)cc2)cc1. The van der Waals surface area contributed by atoms with Crippen LogP contribution in [0.15, 0.2) is 109 Å². The van der Waals surface area contributed by atoms with Crippen LogP contribution in [0, 0.1) is 0 Å². The molecule has 35 heavy (non-hydrogen) atoms. The summed E-state index contributed by atoms with van der Waals surface area (Å²) in [4.78, 5) is 12.7. The summed E-state index contributed by atoms with van der Waals surface area (Å²) in [6, 6.07) is 33.0. The molecule has 0 unspecified atom stereocenters. The Labute approximate surface area is 207 Å². The summed E-state index contributed by atoms with van der Waals surface area (Å²) < 4.78 is 7.41. The van der Waals surface area contributed by atoms with Gasteiger partial charge in [-0.25, -0.2) is 4.68 Å². The molecule has 1 amide bonds. The van der Waals surface area contributed by atoms with Gasteiger partial charge in [-0.15, -0.1) is 0 Å². The highest BCUT2D eigenvalue weighted by Gasteiger charge is 2.11. The number of carbonyl (C=O) groups is 1. The second-order valence-corrected chi connectivity index (χ2v) is 8.25. The first-order valence-electron chi connectivity index (χ1n) is 10.9. The maximum absolute atomic E-state index is 12.7. The van der Waals surface area contributed by atoms with Crippen LogP contribution in [-0.2, 0) is 0 Å².